The Hall–Kier alpha value is -0.120. The number of rotatable bonds is 3. The number of hydrogen-bond donors (Lipinski definition) is 2. The molecule has 0 aliphatic rings. The molecule has 0 aromatic rings. The van der Waals surface area contributed by atoms with Gasteiger partial charge in [-0.1, -0.05) is 0 Å². The van der Waals surface area contributed by atoms with Gasteiger partial charge in [0.25, 0.3) is 0 Å². The Bertz CT molecular complexity index is 63.4. The van der Waals surface area contributed by atoms with E-state index in [-0.39, 0.29) is 0 Å². The summed E-state index contributed by atoms with van der Waals surface area (Å²) in [5.41, 5.74) is 0. The molecular formula is C5H13NO2. The minimum atomic E-state index is -1.16. The fourth-order valence-electron chi connectivity index (χ4n) is 0.353. The molecule has 50 valence electrons. The maximum absolute atomic E-state index is 8.99. The van der Waals surface area contributed by atoms with Crippen LogP contribution in [0.15, 0.2) is 0 Å². The Labute approximate surface area is 49.7 Å². The van der Waals surface area contributed by atoms with Crippen LogP contribution in [-0.2, 0) is 4.74 Å². The maximum atomic E-state index is 8.99. The second-order valence-corrected chi connectivity index (χ2v) is 1.67. The summed E-state index contributed by atoms with van der Waals surface area (Å²) < 4.78 is 4.82. The predicted molar refractivity (Wildman–Crippen MR) is 31.3 cm³/mol. The summed E-state index contributed by atoms with van der Waals surface area (Å²) in [4.78, 5) is 0. The highest BCUT2D eigenvalue weighted by Gasteiger charge is 2.14. The minimum Gasteiger partial charge on any atom is -0.354 e. The lowest BCUT2D eigenvalue weighted by Gasteiger charge is -2.21. The molecule has 3 heteroatoms. The smallest absolute Gasteiger partial charge is 0.221 e. The highest BCUT2D eigenvalue weighted by molar-refractivity contribution is 4.48. The summed E-state index contributed by atoms with van der Waals surface area (Å²) >= 11 is 0. The molecule has 1 unspecified atom stereocenters. The molecule has 1 atom stereocenters. The van der Waals surface area contributed by atoms with Gasteiger partial charge in [0, 0.05) is 13.5 Å². The largest absolute Gasteiger partial charge is 0.354 e. The summed E-state index contributed by atoms with van der Waals surface area (Å²) in [6.45, 7) is 3.89. The quantitative estimate of drug-likeness (QED) is 0.510. The van der Waals surface area contributed by atoms with Gasteiger partial charge in [0.2, 0.25) is 5.91 Å². The second-order valence-electron chi connectivity index (χ2n) is 1.67. The summed E-state index contributed by atoms with van der Waals surface area (Å²) in [6.07, 6.45) is 0. The van der Waals surface area contributed by atoms with E-state index in [9.17, 15) is 0 Å². The third-order valence-corrected chi connectivity index (χ3v) is 0.889. The average molecular weight is 119 g/mol. The van der Waals surface area contributed by atoms with Crippen molar-refractivity contribution >= 4 is 0 Å². The van der Waals surface area contributed by atoms with E-state index in [1.807, 2.05) is 6.92 Å². The topological polar surface area (TPSA) is 41.5 Å². The molecule has 0 aliphatic carbocycles. The Morgan fingerprint density at radius 3 is 2.38 bits per heavy atom. The van der Waals surface area contributed by atoms with Gasteiger partial charge in [-0.05, 0) is 14.0 Å². The molecule has 0 radical (unpaired) electrons. The van der Waals surface area contributed by atoms with Crippen LogP contribution in [0.25, 0.3) is 0 Å². The Morgan fingerprint density at radius 2 is 2.25 bits per heavy atom. The maximum Gasteiger partial charge on any atom is 0.221 e. The van der Waals surface area contributed by atoms with Crippen molar-refractivity contribution < 1.29 is 9.84 Å². The fraction of sp³-hybridized carbons (Fsp3) is 1.00. The van der Waals surface area contributed by atoms with Crippen LogP contribution in [-0.4, -0.2) is 24.7 Å². The molecule has 0 aromatic carbocycles. The average Bonchev–Trinajstić information content (AvgIpc) is 1.67. The molecule has 0 aromatic heterocycles. The van der Waals surface area contributed by atoms with Crippen LogP contribution in [0.4, 0.5) is 0 Å². The van der Waals surface area contributed by atoms with E-state index < -0.39 is 5.91 Å². The zero-order valence-corrected chi connectivity index (χ0v) is 5.56. The molecule has 0 heterocycles. The fourth-order valence-corrected chi connectivity index (χ4v) is 0.353. The molecule has 0 fully saturated rings. The van der Waals surface area contributed by atoms with Gasteiger partial charge in [0.15, 0.2) is 0 Å². The van der Waals surface area contributed by atoms with Gasteiger partial charge in [-0.15, -0.1) is 0 Å². The first-order chi connectivity index (χ1) is 3.62. The number of aliphatic hydroxyl groups is 1. The van der Waals surface area contributed by atoms with Crippen molar-refractivity contribution in [3.63, 3.8) is 0 Å². The lowest BCUT2D eigenvalue weighted by molar-refractivity contribution is -0.204. The zero-order valence-electron chi connectivity index (χ0n) is 5.56. The Balaban J connectivity index is 3.37. The van der Waals surface area contributed by atoms with Crippen LogP contribution >= 0.6 is 0 Å². The summed E-state index contributed by atoms with van der Waals surface area (Å²) in [5, 5.41) is 11.6. The van der Waals surface area contributed by atoms with Gasteiger partial charge in [-0.3, -0.25) is 5.32 Å². The first-order valence-corrected chi connectivity index (χ1v) is 2.67. The predicted octanol–water partition coefficient (Wildman–Crippen LogP) is -0.0917. The molecule has 0 saturated heterocycles. The molecule has 0 bridgehead atoms. The third-order valence-electron chi connectivity index (χ3n) is 0.889. The lowest BCUT2D eigenvalue weighted by Crippen LogP contribution is -2.42. The van der Waals surface area contributed by atoms with E-state index in [0.29, 0.717) is 6.61 Å². The van der Waals surface area contributed by atoms with Crippen molar-refractivity contribution in [3.8, 4) is 0 Å². The van der Waals surface area contributed by atoms with E-state index in [0.717, 1.165) is 0 Å². The van der Waals surface area contributed by atoms with Crippen molar-refractivity contribution in [2.45, 2.75) is 19.8 Å². The molecule has 0 amide bonds. The number of ether oxygens (including phenoxy) is 1. The van der Waals surface area contributed by atoms with E-state index in [1.165, 1.54) is 0 Å². The van der Waals surface area contributed by atoms with Crippen molar-refractivity contribution in [1.82, 2.24) is 5.32 Å². The van der Waals surface area contributed by atoms with E-state index in [1.54, 1.807) is 14.0 Å². The van der Waals surface area contributed by atoms with Crippen LogP contribution in [0, 0.1) is 0 Å². The van der Waals surface area contributed by atoms with Crippen molar-refractivity contribution in [3.05, 3.63) is 0 Å². The molecule has 0 rings (SSSR count). The molecule has 3 nitrogen and oxygen atoms in total. The van der Waals surface area contributed by atoms with Gasteiger partial charge in [-0.25, -0.2) is 0 Å². The van der Waals surface area contributed by atoms with Crippen LogP contribution in [0.5, 0.6) is 0 Å². The Kier molecular flexibility index (Phi) is 2.97. The van der Waals surface area contributed by atoms with Gasteiger partial charge in [0.05, 0.1) is 0 Å². The normalized spacial score (nSPS) is 18.0. The third kappa shape index (κ3) is 2.96. The lowest BCUT2D eigenvalue weighted by atomic mass is 10.5. The SMILES string of the molecule is CCOC(C)(O)NC. The van der Waals surface area contributed by atoms with Crippen LogP contribution in [0.2, 0.25) is 0 Å². The molecule has 0 saturated carbocycles. The Morgan fingerprint density at radius 1 is 1.75 bits per heavy atom. The summed E-state index contributed by atoms with van der Waals surface area (Å²) in [7, 11) is 1.63. The minimum absolute atomic E-state index is 0.508. The molecule has 2 N–H and O–H groups in total. The van der Waals surface area contributed by atoms with Crippen LogP contribution < -0.4 is 5.32 Å². The van der Waals surface area contributed by atoms with Crippen LogP contribution in [0.1, 0.15) is 13.8 Å². The first kappa shape index (κ1) is 7.88. The number of hydrogen-bond acceptors (Lipinski definition) is 3. The van der Waals surface area contributed by atoms with Crippen LogP contribution in [0.3, 0.4) is 0 Å². The summed E-state index contributed by atoms with van der Waals surface area (Å²) in [5.74, 6) is -1.16. The molecule has 0 spiro atoms. The van der Waals surface area contributed by atoms with E-state index >= 15 is 0 Å². The van der Waals surface area contributed by atoms with Gasteiger partial charge in [-0.2, -0.15) is 0 Å². The standard InChI is InChI=1S/C5H13NO2/c1-4-8-5(2,7)6-3/h6-7H,4H2,1-3H3. The summed E-state index contributed by atoms with van der Waals surface area (Å²) in [6, 6.07) is 0. The van der Waals surface area contributed by atoms with Gasteiger partial charge < -0.3 is 9.84 Å². The molecule has 0 aliphatic heterocycles. The van der Waals surface area contributed by atoms with Crippen molar-refractivity contribution in [1.29, 1.82) is 0 Å². The van der Waals surface area contributed by atoms with Crippen molar-refractivity contribution in [2.24, 2.45) is 0 Å². The highest BCUT2D eigenvalue weighted by atomic mass is 16.6. The monoisotopic (exact) mass is 119 g/mol. The van der Waals surface area contributed by atoms with Crippen molar-refractivity contribution in [2.75, 3.05) is 13.7 Å². The van der Waals surface area contributed by atoms with Gasteiger partial charge in [0.1, 0.15) is 0 Å². The number of nitrogens with one attached hydrogen (secondary N) is 1. The second kappa shape index (κ2) is 3.02. The molecular weight excluding hydrogens is 106 g/mol. The highest BCUT2D eigenvalue weighted by Crippen LogP contribution is 1.96. The molecule has 8 heavy (non-hydrogen) atoms. The van der Waals surface area contributed by atoms with E-state index in [4.69, 9.17) is 9.84 Å². The van der Waals surface area contributed by atoms with Gasteiger partial charge >= 0.3 is 0 Å². The first-order valence-electron chi connectivity index (χ1n) is 2.67. The van der Waals surface area contributed by atoms with E-state index in [2.05, 4.69) is 5.32 Å². The zero-order chi connectivity index (χ0) is 6.62.